The lowest BCUT2D eigenvalue weighted by Crippen LogP contribution is -2.29. The molecule has 0 aromatic heterocycles. The molecule has 5 atom stereocenters. The Morgan fingerprint density at radius 2 is 2.08 bits per heavy atom. The quantitative estimate of drug-likeness (QED) is 0.661. The molecule has 5 unspecified atom stereocenters. The zero-order valence-electron chi connectivity index (χ0n) is 8.10. The molecule has 2 nitrogen and oxygen atoms in total. The molecule has 0 radical (unpaired) electrons. The summed E-state index contributed by atoms with van der Waals surface area (Å²) in [5.41, 5.74) is 0. The van der Waals surface area contributed by atoms with Gasteiger partial charge in [-0.05, 0) is 30.1 Å². The highest BCUT2D eigenvalue weighted by atomic mass is 16.4. The Kier molecular flexibility index (Phi) is 1.94. The molecule has 1 fully saturated rings. The molecule has 1 saturated carbocycles. The van der Waals surface area contributed by atoms with Gasteiger partial charge in [-0.2, -0.15) is 0 Å². The maximum atomic E-state index is 10.9. The van der Waals surface area contributed by atoms with Crippen LogP contribution in [-0.2, 0) is 4.79 Å². The van der Waals surface area contributed by atoms with Crippen LogP contribution < -0.4 is 0 Å². The number of fused-ring (bicyclic) bond motifs is 2. The standard InChI is InChI=1S/C11H16O2/c1-6-8-3-4-9(5-8)10(6)7(2)11(12)13/h3-4,6-10H,5H2,1-2H3,(H,12,13). The van der Waals surface area contributed by atoms with Gasteiger partial charge in [0.1, 0.15) is 0 Å². The van der Waals surface area contributed by atoms with Crippen molar-refractivity contribution < 1.29 is 9.90 Å². The summed E-state index contributed by atoms with van der Waals surface area (Å²) in [5.74, 6) is 1.28. The molecule has 72 valence electrons. The van der Waals surface area contributed by atoms with E-state index in [-0.39, 0.29) is 5.92 Å². The van der Waals surface area contributed by atoms with Crippen LogP contribution in [-0.4, -0.2) is 11.1 Å². The first-order valence-corrected chi connectivity index (χ1v) is 5.02. The highest BCUT2D eigenvalue weighted by molar-refractivity contribution is 5.70. The van der Waals surface area contributed by atoms with Crippen molar-refractivity contribution in [3.63, 3.8) is 0 Å². The predicted octanol–water partition coefficient (Wildman–Crippen LogP) is 2.17. The lowest BCUT2D eigenvalue weighted by molar-refractivity contribution is -0.143. The average molecular weight is 180 g/mol. The molecule has 0 aromatic carbocycles. The van der Waals surface area contributed by atoms with Gasteiger partial charge in [-0.1, -0.05) is 26.0 Å². The van der Waals surface area contributed by atoms with Gasteiger partial charge >= 0.3 is 5.97 Å². The second-order valence-electron chi connectivity index (χ2n) is 4.51. The third-order valence-corrected chi connectivity index (χ3v) is 3.89. The summed E-state index contributed by atoms with van der Waals surface area (Å²) >= 11 is 0. The van der Waals surface area contributed by atoms with Crippen molar-refractivity contribution in [1.82, 2.24) is 0 Å². The summed E-state index contributed by atoms with van der Waals surface area (Å²) in [6.45, 7) is 4.04. The highest BCUT2D eigenvalue weighted by Crippen LogP contribution is 2.50. The van der Waals surface area contributed by atoms with E-state index in [4.69, 9.17) is 5.11 Å². The number of carbonyl (C=O) groups is 1. The van der Waals surface area contributed by atoms with Crippen molar-refractivity contribution in [1.29, 1.82) is 0 Å². The molecule has 0 aromatic rings. The monoisotopic (exact) mass is 180 g/mol. The van der Waals surface area contributed by atoms with Crippen molar-refractivity contribution in [2.75, 3.05) is 0 Å². The summed E-state index contributed by atoms with van der Waals surface area (Å²) in [6.07, 6.45) is 5.67. The van der Waals surface area contributed by atoms with Crippen LogP contribution in [0.4, 0.5) is 0 Å². The molecular formula is C11H16O2. The van der Waals surface area contributed by atoms with Gasteiger partial charge in [-0.3, -0.25) is 4.79 Å². The van der Waals surface area contributed by atoms with Gasteiger partial charge in [0.05, 0.1) is 5.92 Å². The molecule has 2 heteroatoms. The van der Waals surface area contributed by atoms with E-state index in [1.807, 2.05) is 6.92 Å². The molecule has 0 spiro atoms. The number of hydrogen-bond donors (Lipinski definition) is 1. The first-order chi connectivity index (χ1) is 6.11. The van der Waals surface area contributed by atoms with Crippen molar-refractivity contribution in [3.8, 4) is 0 Å². The van der Waals surface area contributed by atoms with Gasteiger partial charge in [0.15, 0.2) is 0 Å². The number of aliphatic carboxylic acids is 1. The zero-order valence-corrected chi connectivity index (χ0v) is 8.10. The highest BCUT2D eigenvalue weighted by Gasteiger charge is 2.45. The molecule has 2 rings (SSSR count). The number of hydrogen-bond acceptors (Lipinski definition) is 1. The van der Waals surface area contributed by atoms with Gasteiger partial charge in [0, 0.05) is 0 Å². The summed E-state index contributed by atoms with van der Waals surface area (Å²) in [5, 5.41) is 8.96. The topological polar surface area (TPSA) is 37.3 Å². The fraction of sp³-hybridized carbons (Fsp3) is 0.727. The van der Waals surface area contributed by atoms with E-state index >= 15 is 0 Å². The van der Waals surface area contributed by atoms with E-state index in [0.717, 1.165) is 0 Å². The normalized spacial score (nSPS) is 43.8. The third kappa shape index (κ3) is 1.19. The second kappa shape index (κ2) is 2.86. The van der Waals surface area contributed by atoms with Crippen LogP contribution in [0.5, 0.6) is 0 Å². The molecule has 0 amide bonds. The Hall–Kier alpha value is -0.790. The molecule has 1 N–H and O–H groups in total. The first kappa shape index (κ1) is 8.79. The Labute approximate surface area is 78.6 Å². The van der Waals surface area contributed by atoms with E-state index < -0.39 is 5.97 Å². The van der Waals surface area contributed by atoms with E-state index in [1.165, 1.54) is 6.42 Å². The van der Waals surface area contributed by atoms with Crippen LogP contribution in [0.25, 0.3) is 0 Å². The Morgan fingerprint density at radius 1 is 1.46 bits per heavy atom. The van der Waals surface area contributed by atoms with Crippen molar-refractivity contribution in [2.24, 2.45) is 29.6 Å². The molecule has 2 aliphatic carbocycles. The maximum absolute atomic E-state index is 10.9. The fourth-order valence-corrected chi connectivity index (χ4v) is 3.10. The molecular weight excluding hydrogens is 164 g/mol. The van der Waals surface area contributed by atoms with Crippen molar-refractivity contribution >= 4 is 5.97 Å². The van der Waals surface area contributed by atoms with Crippen LogP contribution in [0.2, 0.25) is 0 Å². The van der Waals surface area contributed by atoms with Crippen LogP contribution in [0, 0.1) is 29.6 Å². The molecule has 0 aliphatic heterocycles. The van der Waals surface area contributed by atoms with Crippen LogP contribution >= 0.6 is 0 Å². The number of carboxylic acid groups (broad SMARTS) is 1. The smallest absolute Gasteiger partial charge is 0.306 e. The molecule has 0 heterocycles. The number of carboxylic acids is 1. The van der Waals surface area contributed by atoms with Gasteiger partial charge in [-0.25, -0.2) is 0 Å². The SMILES string of the molecule is CC(C(=O)O)C1C2C=CC(C2)C1C. The predicted molar refractivity (Wildman–Crippen MR) is 50.2 cm³/mol. The summed E-state index contributed by atoms with van der Waals surface area (Å²) < 4.78 is 0. The average Bonchev–Trinajstić information content (AvgIpc) is 2.62. The lowest BCUT2D eigenvalue weighted by atomic mass is 9.77. The fourth-order valence-electron chi connectivity index (χ4n) is 3.10. The Morgan fingerprint density at radius 3 is 2.54 bits per heavy atom. The molecule has 13 heavy (non-hydrogen) atoms. The molecule has 2 aliphatic rings. The van der Waals surface area contributed by atoms with Gasteiger partial charge in [0.25, 0.3) is 0 Å². The van der Waals surface area contributed by atoms with Crippen LogP contribution in [0.15, 0.2) is 12.2 Å². The third-order valence-electron chi connectivity index (χ3n) is 3.89. The van der Waals surface area contributed by atoms with Crippen molar-refractivity contribution in [3.05, 3.63) is 12.2 Å². The Bertz CT molecular complexity index is 257. The molecule has 0 saturated heterocycles. The summed E-state index contributed by atoms with van der Waals surface area (Å²) in [4.78, 5) is 10.9. The first-order valence-electron chi connectivity index (χ1n) is 5.02. The van der Waals surface area contributed by atoms with E-state index in [2.05, 4.69) is 19.1 Å². The minimum atomic E-state index is -0.641. The van der Waals surface area contributed by atoms with Gasteiger partial charge in [0.2, 0.25) is 0 Å². The lowest BCUT2D eigenvalue weighted by Gasteiger charge is -2.27. The minimum absolute atomic E-state index is 0.185. The number of rotatable bonds is 2. The van der Waals surface area contributed by atoms with Crippen molar-refractivity contribution in [2.45, 2.75) is 20.3 Å². The molecule has 2 bridgehead atoms. The minimum Gasteiger partial charge on any atom is -0.481 e. The maximum Gasteiger partial charge on any atom is 0.306 e. The largest absolute Gasteiger partial charge is 0.481 e. The number of allylic oxidation sites excluding steroid dienone is 2. The van der Waals surface area contributed by atoms with Crippen LogP contribution in [0.3, 0.4) is 0 Å². The van der Waals surface area contributed by atoms with Crippen LogP contribution in [0.1, 0.15) is 20.3 Å². The van der Waals surface area contributed by atoms with Gasteiger partial charge < -0.3 is 5.11 Å². The Balaban J connectivity index is 2.17. The van der Waals surface area contributed by atoms with E-state index in [9.17, 15) is 4.79 Å². The summed E-state index contributed by atoms with van der Waals surface area (Å²) in [6, 6.07) is 0. The van der Waals surface area contributed by atoms with Gasteiger partial charge in [-0.15, -0.1) is 0 Å². The zero-order chi connectivity index (χ0) is 9.59. The summed E-state index contributed by atoms with van der Waals surface area (Å²) in [7, 11) is 0. The second-order valence-corrected chi connectivity index (χ2v) is 4.51. The van der Waals surface area contributed by atoms with E-state index in [0.29, 0.717) is 23.7 Å². The van der Waals surface area contributed by atoms with E-state index in [1.54, 1.807) is 0 Å².